The van der Waals surface area contributed by atoms with Gasteiger partial charge in [-0.15, -0.1) is 0 Å². The molecule has 0 saturated heterocycles. The van der Waals surface area contributed by atoms with Crippen molar-refractivity contribution in [3.05, 3.63) is 92.1 Å². The van der Waals surface area contributed by atoms with Crippen molar-refractivity contribution in [1.29, 1.82) is 0 Å². The van der Waals surface area contributed by atoms with Crippen molar-refractivity contribution in [2.24, 2.45) is 0 Å². The SMILES string of the molecule is Cc1cc(C(C)Nc2c(Cl)ccnc2C(=O)O)c2oc(-c3ccccc3F)c(C)c(=O)c2c1. The number of aryl methyl sites for hydroxylation is 1. The minimum atomic E-state index is -1.23. The smallest absolute Gasteiger partial charge is 0.356 e. The zero-order chi connectivity index (χ0) is 23.9. The molecule has 0 fully saturated rings. The molecule has 2 heterocycles. The van der Waals surface area contributed by atoms with Crippen LogP contribution >= 0.6 is 11.6 Å². The molecule has 33 heavy (non-hydrogen) atoms. The molecule has 4 rings (SSSR count). The van der Waals surface area contributed by atoms with Crippen LogP contribution in [0.5, 0.6) is 0 Å². The molecule has 2 aromatic heterocycles. The second-order valence-electron chi connectivity index (χ2n) is 7.78. The first kappa shape index (κ1) is 22.5. The number of carbonyl (C=O) groups is 1. The number of hydrogen-bond acceptors (Lipinski definition) is 5. The number of nitrogens with one attached hydrogen (secondary N) is 1. The number of aromatic carboxylic acids is 1. The highest BCUT2D eigenvalue weighted by Gasteiger charge is 2.22. The van der Waals surface area contributed by atoms with Crippen molar-refractivity contribution in [1.82, 2.24) is 4.98 Å². The van der Waals surface area contributed by atoms with Gasteiger partial charge in [-0.25, -0.2) is 14.2 Å². The van der Waals surface area contributed by atoms with Gasteiger partial charge in [-0.3, -0.25) is 4.79 Å². The zero-order valence-corrected chi connectivity index (χ0v) is 18.8. The second-order valence-corrected chi connectivity index (χ2v) is 8.19. The van der Waals surface area contributed by atoms with Gasteiger partial charge in [0, 0.05) is 17.3 Å². The largest absolute Gasteiger partial charge is 0.476 e. The average Bonchev–Trinajstić information content (AvgIpc) is 2.77. The number of aromatic nitrogens is 1. The molecule has 168 valence electrons. The molecular weight excluding hydrogens is 447 g/mol. The minimum Gasteiger partial charge on any atom is -0.476 e. The summed E-state index contributed by atoms with van der Waals surface area (Å²) in [6.45, 7) is 5.23. The molecule has 0 bridgehead atoms. The third-order valence-electron chi connectivity index (χ3n) is 5.44. The summed E-state index contributed by atoms with van der Waals surface area (Å²) in [4.78, 5) is 28.7. The number of benzene rings is 2. The van der Waals surface area contributed by atoms with E-state index in [1.165, 1.54) is 18.3 Å². The van der Waals surface area contributed by atoms with Crippen LogP contribution < -0.4 is 10.7 Å². The van der Waals surface area contributed by atoms with Crippen molar-refractivity contribution >= 4 is 34.2 Å². The van der Waals surface area contributed by atoms with Gasteiger partial charge < -0.3 is 14.8 Å². The molecule has 1 atom stereocenters. The first-order valence-electron chi connectivity index (χ1n) is 10.2. The molecule has 0 aliphatic heterocycles. The van der Waals surface area contributed by atoms with Gasteiger partial charge in [-0.05, 0) is 50.6 Å². The Morgan fingerprint density at radius 3 is 2.64 bits per heavy atom. The summed E-state index contributed by atoms with van der Waals surface area (Å²) in [5.74, 6) is -1.59. The Morgan fingerprint density at radius 1 is 1.21 bits per heavy atom. The Bertz CT molecular complexity index is 1470. The van der Waals surface area contributed by atoms with E-state index in [4.69, 9.17) is 16.0 Å². The lowest BCUT2D eigenvalue weighted by atomic mass is 9.98. The second kappa shape index (κ2) is 8.67. The highest BCUT2D eigenvalue weighted by molar-refractivity contribution is 6.33. The maximum Gasteiger partial charge on any atom is 0.356 e. The number of anilines is 1. The van der Waals surface area contributed by atoms with E-state index < -0.39 is 17.8 Å². The lowest BCUT2D eigenvalue weighted by Crippen LogP contribution is -2.15. The van der Waals surface area contributed by atoms with Gasteiger partial charge in [0.15, 0.2) is 11.1 Å². The lowest BCUT2D eigenvalue weighted by Gasteiger charge is -2.20. The van der Waals surface area contributed by atoms with E-state index in [0.29, 0.717) is 16.5 Å². The number of carboxylic acids is 1. The molecule has 4 aromatic rings. The van der Waals surface area contributed by atoms with E-state index in [2.05, 4.69) is 10.3 Å². The third-order valence-corrected chi connectivity index (χ3v) is 5.76. The lowest BCUT2D eigenvalue weighted by molar-refractivity contribution is 0.0691. The number of pyridine rings is 1. The van der Waals surface area contributed by atoms with Crippen LogP contribution in [-0.2, 0) is 0 Å². The molecule has 0 aliphatic carbocycles. The van der Waals surface area contributed by atoms with Gasteiger partial charge >= 0.3 is 5.97 Å². The normalized spacial score (nSPS) is 12.0. The fourth-order valence-corrected chi connectivity index (χ4v) is 4.02. The van der Waals surface area contributed by atoms with Crippen molar-refractivity contribution in [3.63, 3.8) is 0 Å². The molecule has 0 radical (unpaired) electrons. The van der Waals surface area contributed by atoms with E-state index in [1.807, 2.05) is 13.0 Å². The molecular formula is C25H20ClFN2O4. The van der Waals surface area contributed by atoms with Crippen LogP contribution in [0.4, 0.5) is 10.1 Å². The number of nitrogens with zero attached hydrogens (tertiary/aromatic N) is 1. The van der Waals surface area contributed by atoms with Crippen LogP contribution in [0, 0.1) is 19.7 Å². The van der Waals surface area contributed by atoms with Crippen LogP contribution in [0.2, 0.25) is 5.02 Å². The molecule has 2 N–H and O–H groups in total. The summed E-state index contributed by atoms with van der Waals surface area (Å²) in [7, 11) is 0. The van der Waals surface area contributed by atoms with Gasteiger partial charge in [-0.1, -0.05) is 29.8 Å². The number of hydrogen-bond donors (Lipinski definition) is 2. The van der Waals surface area contributed by atoms with Gasteiger partial charge in [0.2, 0.25) is 0 Å². The van der Waals surface area contributed by atoms with Crippen molar-refractivity contribution in [2.75, 3.05) is 5.32 Å². The van der Waals surface area contributed by atoms with E-state index >= 15 is 0 Å². The van der Waals surface area contributed by atoms with Crippen molar-refractivity contribution in [2.45, 2.75) is 26.8 Å². The molecule has 0 saturated carbocycles. The fourth-order valence-electron chi connectivity index (χ4n) is 3.82. The molecule has 6 nitrogen and oxygen atoms in total. The van der Waals surface area contributed by atoms with Crippen molar-refractivity contribution in [3.8, 4) is 11.3 Å². The topological polar surface area (TPSA) is 92.4 Å². The van der Waals surface area contributed by atoms with Gasteiger partial charge in [0.25, 0.3) is 0 Å². The van der Waals surface area contributed by atoms with E-state index in [-0.39, 0.29) is 38.7 Å². The zero-order valence-electron chi connectivity index (χ0n) is 18.1. The minimum absolute atomic E-state index is 0.147. The van der Waals surface area contributed by atoms with E-state index in [9.17, 15) is 19.1 Å². The monoisotopic (exact) mass is 466 g/mol. The van der Waals surface area contributed by atoms with Crippen LogP contribution in [0.25, 0.3) is 22.3 Å². The fraction of sp³-hybridized carbons (Fsp3) is 0.160. The number of rotatable bonds is 5. The summed E-state index contributed by atoms with van der Waals surface area (Å²) in [6.07, 6.45) is 1.31. The predicted octanol–water partition coefficient (Wildman–Crippen LogP) is 6.14. The standard InChI is InChI=1S/C25H20ClFN2O4/c1-12-10-16(14(3)29-20-18(26)8-9-28-21(20)25(31)32)24-17(11-12)22(30)13(2)23(33-24)15-6-4-5-7-19(15)27/h4-11,14,29H,1-3H3,(H,31,32). The summed E-state index contributed by atoms with van der Waals surface area (Å²) < 4.78 is 20.7. The number of halogens is 2. The molecule has 0 amide bonds. The van der Waals surface area contributed by atoms with Crippen LogP contribution in [0.1, 0.15) is 40.1 Å². The quantitative estimate of drug-likeness (QED) is 0.367. The van der Waals surface area contributed by atoms with E-state index in [1.54, 1.807) is 38.1 Å². The maximum absolute atomic E-state index is 14.5. The molecule has 0 spiro atoms. The van der Waals surface area contributed by atoms with Crippen LogP contribution in [0.3, 0.4) is 0 Å². The first-order chi connectivity index (χ1) is 15.7. The Morgan fingerprint density at radius 2 is 1.94 bits per heavy atom. The van der Waals surface area contributed by atoms with Gasteiger partial charge in [0.1, 0.15) is 17.2 Å². The Labute approximate surface area is 193 Å². The van der Waals surface area contributed by atoms with Crippen LogP contribution in [0.15, 0.2) is 57.9 Å². The molecule has 1 unspecified atom stereocenters. The van der Waals surface area contributed by atoms with Gasteiger partial charge in [0.05, 0.1) is 27.7 Å². The Hall–Kier alpha value is -3.71. The summed E-state index contributed by atoms with van der Waals surface area (Å²) in [6, 6.07) is 10.6. The maximum atomic E-state index is 14.5. The molecule has 8 heteroatoms. The Kier molecular flexibility index (Phi) is 5.91. The highest BCUT2D eigenvalue weighted by atomic mass is 35.5. The number of fused-ring (bicyclic) bond motifs is 1. The summed E-state index contributed by atoms with van der Waals surface area (Å²) in [5, 5.41) is 13.1. The summed E-state index contributed by atoms with van der Waals surface area (Å²) in [5.41, 5.74) is 1.83. The predicted molar refractivity (Wildman–Crippen MR) is 126 cm³/mol. The molecule has 2 aromatic carbocycles. The summed E-state index contributed by atoms with van der Waals surface area (Å²) >= 11 is 6.24. The Balaban J connectivity index is 1.93. The van der Waals surface area contributed by atoms with Gasteiger partial charge in [-0.2, -0.15) is 0 Å². The highest BCUT2D eigenvalue weighted by Crippen LogP contribution is 2.34. The average molecular weight is 467 g/mol. The molecule has 0 aliphatic rings. The first-order valence-corrected chi connectivity index (χ1v) is 10.5. The van der Waals surface area contributed by atoms with Crippen molar-refractivity contribution < 1.29 is 18.7 Å². The van der Waals surface area contributed by atoms with Crippen LogP contribution in [-0.4, -0.2) is 16.1 Å². The third kappa shape index (κ3) is 4.07. The number of carboxylic acid groups (broad SMARTS) is 1. The van der Waals surface area contributed by atoms with E-state index in [0.717, 1.165) is 5.56 Å².